The SMILES string of the molecule is COc1cc(F)ccc1NC(=O)CN(C)C1CCS(=O)(=O)C1. The van der Waals surface area contributed by atoms with Crippen molar-refractivity contribution >= 4 is 21.4 Å². The number of rotatable bonds is 5. The minimum atomic E-state index is -2.99. The van der Waals surface area contributed by atoms with Gasteiger partial charge in [0.2, 0.25) is 5.91 Å². The Bertz CT molecular complexity index is 663. The van der Waals surface area contributed by atoms with Crippen LogP contribution in [0.4, 0.5) is 10.1 Å². The maximum absolute atomic E-state index is 13.1. The number of halogens is 1. The van der Waals surface area contributed by atoms with Gasteiger partial charge in [-0.2, -0.15) is 0 Å². The van der Waals surface area contributed by atoms with Gasteiger partial charge in [0.15, 0.2) is 9.84 Å². The summed E-state index contributed by atoms with van der Waals surface area (Å²) in [4.78, 5) is 13.8. The highest BCUT2D eigenvalue weighted by Crippen LogP contribution is 2.25. The third-order valence-electron chi connectivity index (χ3n) is 3.66. The first-order chi connectivity index (χ1) is 10.3. The normalized spacial score (nSPS) is 20.1. The topological polar surface area (TPSA) is 75.7 Å². The molecule has 1 amide bonds. The Morgan fingerprint density at radius 2 is 2.23 bits per heavy atom. The lowest BCUT2D eigenvalue weighted by molar-refractivity contribution is -0.117. The molecule has 1 aliphatic heterocycles. The summed E-state index contributed by atoms with van der Waals surface area (Å²) in [5, 5.41) is 2.64. The monoisotopic (exact) mass is 330 g/mol. The second-order valence-electron chi connectivity index (χ2n) is 5.36. The number of hydrogen-bond acceptors (Lipinski definition) is 5. The van der Waals surface area contributed by atoms with Gasteiger partial charge in [-0.15, -0.1) is 0 Å². The van der Waals surface area contributed by atoms with Crippen LogP contribution in [0.25, 0.3) is 0 Å². The molecule has 0 saturated carbocycles. The lowest BCUT2D eigenvalue weighted by atomic mass is 10.2. The van der Waals surface area contributed by atoms with Crippen molar-refractivity contribution in [1.29, 1.82) is 0 Å². The number of nitrogens with zero attached hydrogens (tertiary/aromatic N) is 1. The van der Waals surface area contributed by atoms with Gasteiger partial charge in [0.05, 0.1) is 30.8 Å². The Morgan fingerprint density at radius 1 is 1.50 bits per heavy atom. The summed E-state index contributed by atoms with van der Waals surface area (Å²) in [6, 6.07) is 3.69. The quantitative estimate of drug-likeness (QED) is 0.868. The van der Waals surface area contributed by atoms with Crippen LogP contribution in [-0.4, -0.2) is 57.5 Å². The fourth-order valence-electron chi connectivity index (χ4n) is 2.44. The fraction of sp³-hybridized carbons (Fsp3) is 0.500. The molecule has 0 spiro atoms. The lowest BCUT2D eigenvalue weighted by Gasteiger charge is -2.22. The molecule has 22 heavy (non-hydrogen) atoms. The van der Waals surface area contributed by atoms with Crippen molar-refractivity contribution in [3.8, 4) is 5.75 Å². The molecule has 8 heteroatoms. The minimum Gasteiger partial charge on any atom is -0.494 e. The highest BCUT2D eigenvalue weighted by molar-refractivity contribution is 7.91. The standard InChI is InChI=1S/C14H19FN2O4S/c1-17(11-5-6-22(19,20)9-11)8-14(18)16-12-4-3-10(15)7-13(12)21-2/h3-4,7,11H,5-6,8-9H2,1-2H3,(H,16,18). The van der Waals surface area contributed by atoms with E-state index in [0.29, 0.717) is 12.1 Å². The number of sulfone groups is 1. The van der Waals surface area contributed by atoms with E-state index in [-0.39, 0.29) is 35.7 Å². The lowest BCUT2D eigenvalue weighted by Crippen LogP contribution is -2.38. The molecule has 1 atom stereocenters. The zero-order valence-corrected chi connectivity index (χ0v) is 13.3. The van der Waals surface area contributed by atoms with E-state index in [1.165, 1.54) is 25.3 Å². The van der Waals surface area contributed by atoms with Crippen molar-refractivity contribution in [2.24, 2.45) is 0 Å². The minimum absolute atomic E-state index is 0.0563. The van der Waals surface area contributed by atoms with Gasteiger partial charge < -0.3 is 10.1 Å². The van der Waals surface area contributed by atoms with E-state index >= 15 is 0 Å². The zero-order valence-electron chi connectivity index (χ0n) is 12.5. The number of methoxy groups -OCH3 is 1. The Balaban J connectivity index is 1.96. The number of carbonyl (C=O) groups excluding carboxylic acids is 1. The molecule has 0 aliphatic carbocycles. The highest BCUT2D eigenvalue weighted by Gasteiger charge is 2.31. The molecular formula is C14H19FN2O4S. The van der Waals surface area contributed by atoms with Gasteiger partial charge in [0.1, 0.15) is 11.6 Å². The van der Waals surface area contributed by atoms with Gasteiger partial charge >= 0.3 is 0 Å². The molecule has 0 radical (unpaired) electrons. The number of ether oxygens (including phenoxy) is 1. The van der Waals surface area contributed by atoms with Crippen LogP contribution in [-0.2, 0) is 14.6 Å². The summed E-state index contributed by atoms with van der Waals surface area (Å²) in [6.07, 6.45) is 0.534. The molecule has 0 aromatic heterocycles. The van der Waals surface area contributed by atoms with Crippen LogP contribution in [0.3, 0.4) is 0 Å². The molecular weight excluding hydrogens is 311 g/mol. The number of likely N-dealkylation sites (N-methyl/N-ethyl adjacent to an activating group) is 1. The van der Waals surface area contributed by atoms with Crippen molar-refractivity contribution in [3.05, 3.63) is 24.0 Å². The van der Waals surface area contributed by atoms with Crippen molar-refractivity contribution in [2.75, 3.05) is 37.5 Å². The van der Waals surface area contributed by atoms with Gasteiger partial charge in [0, 0.05) is 12.1 Å². The summed E-state index contributed by atoms with van der Waals surface area (Å²) in [7, 11) is 0.118. The molecule has 1 saturated heterocycles. The van der Waals surface area contributed by atoms with Gasteiger partial charge in [-0.05, 0) is 25.6 Å². The number of amides is 1. The van der Waals surface area contributed by atoms with Crippen LogP contribution >= 0.6 is 0 Å². The average Bonchev–Trinajstić information content (AvgIpc) is 2.81. The summed E-state index contributed by atoms with van der Waals surface area (Å²) in [5.41, 5.74) is 0.376. The van der Waals surface area contributed by atoms with Crippen molar-refractivity contribution in [2.45, 2.75) is 12.5 Å². The summed E-state index contributed by atoms with van der Waals surface area (Å²) in [5.74, 6) is -0.286. The van der Waals surface area contributed by atoms with Crippen LogP contribution in [0.15, 0.2) is 18.2 Å². The van der Waals surface area contributed by atoms with E-state index < -0.39 is 15.7 Å². The van der Waals surface area contributed by atoms with E-state index in [2.05, 4.69) is 5.32 Å². The van der Waals surface area contributed by atoms with Gasteiger partial charge in [-0.3, -0.25) is 9.69 Å². The molecule has 6 nitrogen and oxygen atoms in total. The summed E-state index contributed by atoms with van der Waals surface area (Å²) < 4.78 is 41.0. The van der Waals surface area contributed by atoms with E-state index in [9.17, 15) is 17.6 Å². The van der Waals surface area contributed by atoms with Crippen LogP contribution in [0.5, 0.6) is 5.75 Å². The Hall–Kier alpha value is -1.67. The fourth-order valence-corrected chi connectivity index (χ4v) is 4.24. The average molecular weight is 330 g/mol. The smallest absolute Gasteiger partial charge is 0.238 e. The first kappa shape index (κ1) is 16.7. The molecule has 1 N–H and O–H groups in total. The van der Waals surface area contributed by atoms with E-state index in [0.717, 1.165) is 0 Å². The van der Waals surface area contributed by atoms with Crippen molar-refractivity contribution in [3.63, 3.8) is 0 Å². The maximum Gasteiger partial charge on any atom is 0.238 e. The van der Waals surface area contributed by atoms with Crippen LogP contribution in [0.1, 0.15) is 6.42 Å². The number of nitrogens with one attached hydrogen (secondary N) is 1. The molecule has 1 aromatic carbocycles. The maximum atomic E-state index is 13.1. The largest absolute Gasteiger partial charge is 0.494 e. The molecule has 1 aliphatic rings. The molecule has 1 unspecified atom stereocenters. The van der Waals surface area contributed by atoms with E-state index in [1.807, 2.05) is 0 Å². The molecule has 1 heterocycles. The summed E-state index contributed by atoms with van der Waals surface area (Å²) >= 11 is 0. The van der Waals surface area contributed by atoms with Crippen molar-refractivity contribution in [1.82, 2.24) is 4.90 Å². The Morgan fingerprint density at radius 3 is 2.82 bits per heavy atom. The Labute approximate surface area is 129 Å². The van der Waals surface area contributed by atoms with Gasteiger partial charge in [-0.1, -0.05) is 0 Å². The van der Waals surface area contributed by atoms with E-state index in [1.54, 1.807) is 11.9 Å². The second-order valence-corrected chi connectivity index (χ2v) is 7.59. The first-order valence-electron chi connectivity index (χ1n) is 6.85. The highest BCUT2D eigenvalue weighted by atomic mass is 32.2. The number of anilines is 1. The molecule has 1 aromatic rings. The molecule has 0 bridgehead atoms. The molecule has 1 fully saturated rings. The zero-order chi connectivity index (χ0) is 16.3. The molecule has 2 rings (SSSR count). The number of hydrogen-bond donors (Lipinski definition) is 1. The van der Waals surface area contributed by atoms with E-state index in [4.69, 9.17) is 4.74 Å². The first-order valence-corrected chi connectivity index (χ1v) is 8.67. The Kier molecular flexibility index (Phi) is 5.02. The molecule has 122 valence electrons. The van der Waals surface area contributed by atoms with Crippen LogP contribution in [0, 0.1) is 5.82 Å². The summed E-state index contributed by atoms with van der Waals surface area (Å²) in [6.45, 7) is 0.0563. The number of carbonyl (C=O) groups is 1. The van der Waals surface area contributed by atoms with Crippen molar-refractivity contribution < 1.29 is 22.3 Å². The predicted octanol–water partition coefficient (Wildman–Crippen LogP) is 0.892. The third kappa shape index (κ3) is 4.17. The number of benzene rings is 1. The van der Waals surface area contributed by atoms with Gasteiger partial charge in [-0.25, -0.2) is 12.8 Å². The second kappa shape index (κ2) is 6.62. The predicted molar refractivity (Wildman–Crippen MR) is 81.3 cm³/mol. The van der Waals surface area contributed by atoms with Gasteiger partial charge in [0.25, 0.3) is 0 Å². The van der Waals surface area contributed by atoms with Crippen LogP contribution < -0.4 is 10.1 Å². The third-order valence-corrected chi connectivity index (χ3v) is 5.41. The van der Waals surface area contributed by atoms with Crippen LogP contribution in [0.2, 0.25) is 0 Å².